The summed E-state index contributed by atoms with van der Waals surface area (Å²) >= 11 is 0. The Bertz CT molecular complexity index is 1090. The molecule has 2 heterocycles. The minimum Gasteiger partial charge on any atom is -0.372 e. The Labute approximate surface area is 206 Å². The van der Waals surface area contributed by atoms with Gasteiger partial charge in [-0.25, -0.2) is 9.37 Å². The summed E-state index contributed by atoms with van der Waals surface area (Å²) in [4.78, 5) is 18.2. The van der Waals surface area contributed by atoms with Gasteiger partial charge >= 0.3 is 0 Å². The van der Waals surface area contributed by atoms with Crippen LogP contribution in [0.1, 0.15) is 56.9 Å². The molecule has 0 aliphatic heterocycles. The van der Waals surface area contributed by atoms with Gasteiger partial charge in [0.15, 0.2) is 0 Å². The van der Waals surface area contributed by atoms with Crippen molar-refractivity contribution in [3.05, 3.63) is 59.9 Å². The summed E-state index contributed by atoms with van der Waals surface area (Å²) in [6, 6.07) is 10.7. The Morgan fingerprint density at radius 3 is 2.54 bits per heavy atom. The van der Waals surface area contributed by atoms with Crippen molar-refractivity contribution in [3.8, 4) is 11.3 Å². The maximum Gasteiger partial charge on any atom is 0.249 e. The molecule has 1 unspecified atom stereocenters. The van der Waals surface area contributed by atoms with E-state index in [0.29, 0.717) is 25.2 Å². The monoisotopic (exact) mass is 485 g/mol. The van der Waals surface area contributed by atoms with Crippen LogP contribution in [0.15, 0.2) is 47.1 Å². The smallest absolute Gasteiger partial charge is 0.249 e. The van der Waals surface area contributed by atoms with Gasteiger partial charge in [0.1, 0.15) is 30.1 Å². The lowest BCUT2D eigenvalue weighted by atomic mass is 9.85. The first-order valence-electron chi connectivity index (χ1n) is 11.8. The number of hydrogen-bond acceptors (Lipinski definition) is 6. The van der Waals surface area contributed by atoms with Gasteiger partial charge in [0, 0.05) is 31.0 Å². The number of amides is 1. The number of halogens is 1. The maximum atomic E-state index is 13.2. The van der Waals surface area contributed by atoms with E-state index in [-0.39, 0.29) is 11.3 Å². The van der Waals surface area contributed by atoms with Crippen LogP contribution in [0.4, 0.5) is 4.39 Å². The first kappa shape index (κ1) is 26.6. The molecule has 1 amide bonds. The van der Waals surface area contributed by atoms with Crippen molar-refractivity contribution in [2.75, 3.05) is 13.8 Å². The predicted molar refractivity (Wildman–Crippen MR) is 132 cm³/mol. The molecule has 8 nitrogen and oxygen atoms in total. The van der Waals surface area contributed by atoms with Gasteiger partial charge in [-0.1, -0.05) is 56.3 Å². The molecule has 3 N–H and O–H groups in total. The second kappa shape index (κ2) is 11.6. The zero-order chi connectivity index (χ0) is 25.6. The molecule has 3 aromatic rings. The van der Waals surface area contributed by atoms with Crippen molar-refractivity contribution in [1.82, 2.24) is 20.0 Å². The summed E-state index contributed by atoms with van der Waals surface area (Å²) in [5.41, 5.74) is 7.85. The van der Waals surface area contributed by atoms with E-state index in [0.717, 1.165) is 22.7 Å². The quantitative estimate of drug-likeness (QED) is 0.422. The highest BCUT2D eigenvalue weighted by molar-refractivity contribution is 5.81. The molecule has 0 spiro atoms. The maximum absolute atomic E-state index is 13.2. The topological polar surface area (TPSA) is 108 Å². The van der Waals surface area contributed by atoms with Crippen LogP contribution in [0.5, 0.6) is 0 Å². The molecular formula is C26H36FN5O3. The summed E-state index contributed by atoms with van der Waals surface area (Å²) < 4.78 is 25.5. The highest BCUT2D eigenvalue weighted by atomic mass is 19.1. The van der Waals surface area contributed by atoms with E-state index in [2.05, 4.69) is 10.5 Å². The molecule has 0 saturated heterocycles. The van der Waals surface area contributed by atoms with Gasteiger partial charge in [-0.3, -0.25) is 4.79 Å². The summed E-state index contributed by atoms with van der Waals surface area (Å²) in [6.07, 6.45) is 1.90. The van der Waals surface area contributed by atoms with E-state index < -0.39 is 24.9 Å². The van der Waals surface area contributed by atoms with Crippen LogP contribution in [-0.4, -0.2) is 46.5 Å². The number of carbonyl (C=O) groups excluding carboxylic acids is 1. The Hall–Kier alpha value is -3.04. The van der Waals surface area contributed by atoms with E-state index in [1.165, 1.54) is 7.11 Å². The van der Waals surface area contributed by atoms with Crippen molar-refractivity contribution >= 4 is 5.91 Å². The van der Waals surface area contributed by atoms with Gasteiger partial charge in [-0.2, -0.15) is 0 Å². The molecule has 3 atom stereocenters. The van der Waals surface area contributed by atoms with E-state index in [1.807, 2.05) is 74.9 Å². The fourth-order valence-corrected chi connectivity index (χ4v) is 3.90. The average Bonchev–Trinajstić information content (AvgIpc) is 3.43. The minimum absolute atomic E-state index is 0.286. The average molecular weight is 486 g/mol. The van der Waals surface area contributed by atoms with Gasteiger partial charge in [-0.15, -0.1) is 0 Å². The molecule has 190 valence electrons. The van der Waals surface area contributed by atoms with Gasteiger partial charge in [0.2, 0.25) is 5.91 Å². The normalized spacial score (nSPS) is 14.5. The number of ether oxygens (including phenoxy) is 1. The van der Waals surface area contributed by atoms with Gasteiger partial charge in [-0.05, 0) is 25.2 Å². The zero-order valence-electron chi connectivity index (χ0n) is 21.1. The number of methoxy groups -OCH3 is 1. The number of nitrogens with one attached hydrogen (secondary N) is 1. The number of aryl methyl sites for hydroxylation is 1. The fourth-order valence-electron chi connectivity index (χ4n) is 3.90. The van der Waals surface area contributed by atoms with Gasteiger partial charge < -0.3 is 24.9 Å². The molecule has 0 bridgehead atoms. The third-order valence-corrected chi connectivity index (χ3v) is 5.87. The third kappa shape index (κ3) is 6.99. The Balaban J connectivity index is 1.96. The lowest BCUT2D eigenvalue weighted by molar-refractivity contribution is -0.133. The van der Waals surface area contributed by atoms with Crippen molar-refractivity contribution in [1.29, 1.82) is 0 Å². The second-order valence-corrected chi connectivity index (χ2v) is 9.93. The molecule has 0 saturated carbocycles. The minimum atomic E-state index is -0.743. The Morgan fingerprint density at radius 1 is 1.26 bits per heavy atom. The molecule has 35 heavy (non-hydrogen) atoms. The molecule has 9 heteroatoms. The number of carbonyl (C=O) groups is 1. The van der Waals surface area contributed by atoms with Crippen LogP contribution < -0.4 is 11.1 Å². The summed E-state index contributed by atoms with van der Waals surface area (Å²) in [5, 5.41) is 7.27. The van der Waals surface area contributed by atoms with Crippen LogP contribution in [0, 0.1) is 12.3 Å². The lowest BCUT2D eigenvalue weighted by Crippen LogP contribution is -2.44. The van der Waals surface area contributed by atoms with Gasteiger partial charge in [0.05, 0.1) is 18.3 Å². The highest BCUT2D eigenvalue weighted by Crippen LogP contribution is 2.34. The largest absolute Gasteiger partial charge is 0.372 e. The Kier molecular flexibility index (Phi) is 8.80. The van der Waals surface area contributed by atoms with Crippen LogP contribution in [0.3, 0.4) is 0 Å². The molecule has 3 rings (SSSR count). The Morgan fingerprint density at radius 2 is 1.97 bits per heavy atom. The number of alkyl halides is 1. The van der Waals surface area contributed by atoms with Crippen LogP contribution in [0.2, 0.25) is 0 Å². The van der Waals surface area contributed by atoms with Crippen molar-refractivity contribution < 1.29 is 18.4 Å². The predicted octanol–water partition coefficient (Wildman–Crippen LogP) is 4.19. The second-order valence-electron chi connectivity index (χ2n) is 9.93. The number of hydrogen-bond donors (Lipinski definition) is 2. The van der Waals surface area contributed by atoms with E-state index in [9.17, 15) is 9.18 Å². The van der Waals surface area contributed by atoms with Gasteiger partial charge in [0.25, 0.3) is 0 Å². The fraction of sp³-hybridized carbons (Fsp3) is 0.500. The standard InChI is InChI=1S/C26H36FN5O3/c1-17-13-20(31-35-17)15-32-16-21(18-9-7-6-8-10-18)29-24(32)23(26(2,3)4)30-25(33)22(34-5)12-11-19(28)14-27/h6-10,13,16,19,22-23H,11-12,14-15,28H2,1-5H3,(H,30,33)/t19-,22?,23-/m0/s1. The number of aromatic nitrogens is 3. The molecule has 2 aromatic heterocycles. The van der Waals surface area contributed by atoms with Crippen LogP contribution in [-0.2, 0) is 16.1 Å². The third-order valence-electron chi connectivity index (χ3n) is 5.87. The molecule has 0 fully saturated rings. The SMILES string of the molecule is COC(CC[C@H](N)CF)C(=O)N[C@@H](c1nc(-c2ccccc2)cn1Cc1cc(C)on1)C(C)(C)C. The molecular weight excluding hydrogens is 449 g/mol. The van der Waals surface area contributed by atoms with E-state index in [1.54, 1.807) is 0 Å². The van der Waals surface area contributed by atoms with E-state index in [4.69, 9.17) is 20.0 Å². The van der Waals surface area contributed by atoms with Crippen molar-refractivity contribution in [2.24, 2.45) is 11.1 Å². The summed E-state index contributed by atoms with van der Waals surface area (Å²) in [6.45, 7) is 7.77. The van der Waals surface area contributed by atoms with Crippen molar-refractivity contribution in [2.45, 2.75) is 65.3 Å². The van der Waals surface area contributed by atoms with Crippen molar-refractivity contribution in [3.63, 3.8) is 0 Å². The van der Waals surface area contributed by atoms with E-state index >= 15 is 0 Å². The number of benzene rings is 1. The summed E-state index contributed by atoms with van der Waals surface area (Å²) in [7, 11) is 1.47. The molecule has 0 aliphatic carbocycles. The van der Waals surface area contributed by atoms with Crippen LogP contribution in [0.25, 0.3) is 11.3 Å². The van der Waals surface area contributed by atoms with Crippen LogP contribution >= 0.6 is 0 Å². The number of imidazole rings is 1. The molecule has 0 radical (unpaired) electrons. The highest BCUT2D eigenvalue weighted by Gasteiger charge is 2.34. The first-order chi connectivity index (χ1) is 16.6. The number of nitrogens with two attached hydrogens (primary N) is 1. The first-order valence-corrected chi connectivity index (χ1v) is 11.8. The lowest BCUT2D eigenvalue weighted by Gasteiger charge is -2.32. The summed E-state index contributed by atoms with van der Waals surface area (Å²) in [5.74, 6) is 1.13. The zero-order valence-corrected chi connectivity index (χ0v) is 21.1. The number of rotatable bonds is 11. The number of nitrogens with zero attached hydrogens (tertiary/aromatic N) is 3. The molecule has 1 aromatic carbocycles. The molecule has 0 aliphatic rings.